The van der Waals surface area contributed by atoms with Crippen LogP contribution >= 0.6 is 0 Å². The average Bonchev–Trinajstić information content (AvgIpc) is 2.93. The largest absolute Gasteiger partial charge is 0.360 e. The Labute approximate surface area is 105 Å². The summed E-state index contributed by atoms with van der Waals surface area (Å²) in [5, 5.41) is 6.40. The SMILES string of the molecule is O=C(N[C@H]1CCS(=O)(=O)C1)c1cc(C2CC2)on1. The summed E-state index contributed by atoms with van der Waals surface area (Å²) in [4.78, 5) is 11.8. The van der Waals surface area contributed by atoms with Gasteiger partial charge in [0.1, 0.15) is 5.76 Å². The molecule has 1 aromatic rings. The standard InChI is InChI=1S/C11H14N2O4S/c14-11(12-8-3-4-18(15,16)6-8)9-5-10(17-13-9)7-1-2-7/h5,7-8H,1-4,6H2,(H,12,14)/t8-/m0/s1. The van der Waals surface area contributed by atoms with Crippen molar-refractivity contribution in [1.29, 1.82) is 0 Å². The number of nitrogens with zero attached hydrogens (tertiary/aromatic N) is 1. The first-order chi connectivity index (χ1) is 8.53. The van der Waals surface area contributed by atoms with Gasteiger partial charge in [0.2, 0.25) is 0 Å². The summed E-state index contributed by atoms with van der Waals surface area (Å²) in [5.41, 5.74) is 0.237. The molecule has 2 fully saturated rings. The summed E-state index contributed by atoms with van der Waals surface area (Å²) < 4.78 is 27.6. The number of carbonyl (C=O) groups is 1. The Morgan fingerprint density at radius 3 is 2.78 bits per heavy atom. The Morgan fingerprint density at radius 1 is 1.39 bits per heavy atom. The number of rotatable bonds is 3. The molecular weight excluding hydrogens is 256 g/mol. The second kappa shape index (κ2) is 4.08. The highest BCUT2D eigenvalue weighted by atomic mass is 32.2. The molecule has 1 aliphatic carbocycles. The maximum absolute atomic E-state index is 11.8. The lowest BCUT2D eigenvalue weighted by Crippen LogP contribution is -2.35. The first kappa shape index (κ1) is 11.7. The van der Waals surface area contributed by atoms with Gasteiger partial charge in [-0.05, 0) is 19.3 Å². The van der Waals surface area contributed by atoms with Crippen LogP contribution in [0.15, 0.2) is 10.6 Å². The number of sulfone groups is 1. The lowest BCUT2D eigenvalue weighted by atomic mass is 10.2. The van der Waals surface area contributed by atoms with Crippen molar-refractivity contribution in [2.45, 2.75) is 31.2 Å². The molecule has 0 unspecified atom stereocenters. The van der Waals surface area contributed by atoms with E-state index in [9.17, 15) is 13.2 Å². The summed E-state index contributed by atoms with van der Waals surface area (Å²) in [6.45, 7) is 0. The van der Waals surface area contributed by atoms with E-state index in [-0.39, 0.29) is 29.1 Å². The van der Waals surface area contributed by atoms with Crippen LogP contribution in [0, 0.1) is 0 Å². The third-order valence-corrected chi connectivity index (χ3v) is 5.08. The van der Waals surface area contributed by atoms with Crippen LogP contribution in [0.1, 0.15) is 41.4 Å². The Balaban J connectivity index is 1.63. The third kappa shape index (κ3) is 2.40. The monoisotopic (exact) mass is 270 g/mol. The zero-order valence-electron chi connectivity index (χ0n) is 9.76. The quantitative estimate of drug-likeness (QED) is 0.862. The summed E-state index contributed by atoms with van der Waals surface area (Å²) >= 11 is 0. The number of nitrogens with one attached hydrogen (secondary N) is 1. The fraction of sp³-hybridized carbons (Fsp3) is 0.636. The van der Waals surface area contributed by atoms with Crippen molar-refractivity contribution in [1.82, 2.24) is 10.5 Å². The molecule has 7 heteroatoms. The Hall–Kier alpha value is -1.37. The lowest BCUT2D eigenvalue weighted by molar-refractivity contribution is 0.0932. The van der Waals surface area contributed by atoms with E-state index in [1.54, 1.807) is 6.07 Å². The Morgan fingerprint density at radius 2 is 2.17 bits per heavy atom. The van der Waals surface area contributed by atoms with Gasteiger partial charge in [0, 0.05) is 18.0 Å². The maximum atomic E-state index is 11.8. The number of aromatic nitrogens is 1. The van der Waals surface area contributed by atoms with Gasteiger partial charge in [-0.3, -0.25) is 4.79 Å². The van der Waals surface area contributed by atoms with Crippen LogP contribution in [0.4, 0.5) is 0 Å². The van der Waals surface area contributed by atoms with Crippen molar-refractivity contribution in [3.63, 3.8) is 0 Å². The van der Waals surface area contributed by atoms with E-state index < -0.39 is 9.84 Å². The second-order valence-corrected chi connectivity index (χ2v) is 7.19. The molecule has 2 aliphatic rings. The zero-order chi connectivity index (χ0) is 12.8. The molecule has 98 valence electrons. The third-order valence-electron chi connectivity index (χ3n) is 3.31. The van der Waals surface area contributed by atoms with Gasteiger partial charge in [-0.1, -0.05) is 5.16 Å². The molecule has 6 nitrogen and oxygen atoms in total. The molecular formula is C11H14N2O4S. The van der Waals surface area contributed by atoms with Gasteiger partial charge in [-0.2, -0.15) is 0 Å². The van der Waals surface area contributed by atoms with Crippen LogP contribution in [0.2, 0.25) is 0 Å². The molecule has 1 aliphatic heterocycles. The topological polar surface area (TPSA) is 89.3 Å². The van der Waals surface area contributed by atoms with E-state index in [0.717, 1.165) is 18.6 Å². The predicted molar refractivity (Wildman–Crippen MR) is 63.0 cm³/mol. The van der Waals surface area contributed by atoms with Crippen molar-refractivity contribution in [3.05, 3.63) is 17.5 Å². The smallest absolute Gasteiger partial charge is 0.273 e. The summed E-state index contributed by atoms with van der Waals surface area (Å²) in [6.07, 6.45) is 2.63. The van der Waals surface area contributed by atoms with Crippen molar-refractivity contribution in [2.24, 2.45) is 0 Å². The van der Waals surface area contributed by atoms with Gasteiger partial charge < -0.3 is 9.84 Å². The normalized spacial score (nSPS) is 26.1. The van der Waals surface area contributed by atoms with Gasteiger partial charge in [-0.25, -0.2) is 8.42 Å². The lowest BCUT2D eigenvalue weighted by Gasteiger charge is -2.08. The summed E-state index contributed by atoms with van der Waals surface area (Å²) in [7, 11) is -2.98. The van der Waals surface area contributed by atoms with E-state index in [1.165, 1.54) is 0 Å². The van der Waals surface area contributed by atoms with Crippen molar-refractivity contribution in [3.8, 4) is 0 Å². The molecule has 0 spiro atoms. The highest BCUT2D eigenvalue weighted by Gasteiger charge is 2.31. The van der Waals surface area contributed by atoms with Crippen LogP contribution in [0.3, 0.4) is 0 Å². The molecule has 1 N–H and O–H groups in total. The van der Waals surface area contributed by atoms with Crippen LogP contribution in [-0.2, 0) is 9.84 Å². The Bertz CT molecular complexity index is 574. The molecule has 0 aromatic carbocycles. The highest BCUT2D eigenvalue weighted by molar-refractivity contribution is 7.91. The van der Waals surface area contributed by atoms with Crippen LogP contribution in [-0.4, -0.2) is 37.0 Å². The molecule has 1 atom stereocenters. The van der Waals surface area contributed by atoms with E-state index in [2.05, 4.69) is 10.5 Å². The number of hydrogen-bond donors (Lipinski definition) is 1. The molecule has 0 radical (unpaired) electrons. The van der Waals surface area contributed by atoms with Gasteiger partial charge >= 0.3 is 0 Å². The van der Waals surface area contributed by atoms with Crippen molar-refractivity contribution < 1.29 is 17.7 Å². The predicted octanol–water partition coefficient (Wildman–Crippen LogP) is 0.469. The molecule has 1 saturated carbocycles. The first-order valence-electron chi connectivity index (χ1n) is 6.01. The van der Waals surface area contributed by atoms with Gasteiger partial charge in [-0.15, -0.1) is 0 Å². The van der Waals surface area contributed by atoms with Gasteiger partial charge in [0.15, 0.2) is 15.5 Å². The van der Waals surface area contributed by atoms with Gasteiger partial charge in [0.05, 0.1) is 11.5 Å². The molecule has 3 rings (SSSR count). The minimum atomic E-state index is -2.98. The summed E-state index contributed by atoms with van der Waals surface area (Å²) in [6, 6.07) is 1.35. The molecule has 1 aromatic heterocycles. The minimum Gasteiger partial charge on any atom is -0.360 e. The van der Waals surface area contributed by atoms with E-state index in [1.807, 2.05) is 0 Å². The molecule has 1 amide bonds. The maximum Gasteiger partial charge on any atom is 0.273 e. The zero-order valence-corrected chi connectivity index (χ0v) is 10.6. The van der Waals surface area contributed by atoms with E-state index in [4.69, 9.17) is 4.52 Å². The molecule has 1 saturated heterocycles. The van der Waals surface area contributed by atoms with Crippen LogP contribution in [0.5, 0.6) is 0 Å². The second-order valence-electron chi connectivity index (χ2n) is 4.96. The fourth-order valence-corrected chi connectivity index (χ4v) is 3.80. The molecule has 2 heterocycles. The number of carbonyl (C=O) groups excluding carboxylic acids is 1. The fourth-order valence-electron chi connectivity index (χ4n) is 2.12. The molecule has 18 heavy (non-hydrogen) atoms. The average molecular weight is 270 g/mol. The highest BCUT2D eigenvalue weighted by Crippen LogP contribution is 2.40. The van der Waals surface area contributed by atoms with Gasteiger partial charge in [0.25, 0.3) is 5.91 Å². The van der Waals surface area contributed by atoms with E-state index >= 15 is 0 Å². The number of amides is 1. The van der Waals surface area contributed by atoms with Crippen LogP contribution < -0.4 is 5.32 Å². The number of hydrogen-bond acceptors (Lipinski definition) is 5. The first-order valence-corrected chi connectivity index (χ1v) is 7.83. The van der Waals surface area contributed by atoms with Crippen molar-refractivity contribution >= 4 is 15.7 Å². The van der Waals surface area contributed by atoms with E-state index in [0.29, 0.717) is 12.3 Å². The molecule has 0 bridgehead atoms. The Kier molecular flexibility index (Phi) is 2.65. The van der Waals surface area contributed by atoms with Crippen molar-refractivity contribution in [2.75, 3.05) is 11.5 Å². The van der Waals surface area contributed by atoms with Crippen LogP contribution in [0.25, 0.3) is 0 Å². The summed E-state index contributed by atoms with van der Waals surface area (Å²) in [5.74, 6) is 0.966. The minimum absolute atomic E-state index is 0.0199.